The molecule has 1 atom stereocenters. The van der Waals surface area contributed by atoms with E-state index in [9.17, 15) is 18.0 Å². The molecular formula is C11H17F3N4O2. The molecule has 0 spiro atoms. The highest BCUT2D eigenvalue weighted by molar-refractivity contribution is 5.41. The number of methoxy groups -OCH3 is 1. The van der Waals surface area contributed by atoms with Gasteiger partial charge in [-0.15, -0.1) is 0 Å². The summed E-state index contributed by atoms with van der Waals surface area (Å²) in [5.41, 5.74) is 4.65. The minimum Gasteiger partial charge on any atom is -0.383 e. The van der Waals surface area contributed by atoms with Crippen LogP contribution in [0.4, 0.5) is 18.9 Å². The number of hydrogen-bond donors (Lipinski definition) is 1. The van der Waals surface area contributed by atoms with Gasteiger partial charge >= 0.3 is 6.18 Å². The number of anilines is 1. The monoisotopic (exact) mass is 294 g/mol. The van der Waals surface area contributed by atoms with E-state index in [1.165, 1.54) is 13.3 Å². The van der Waals surface area contributed by atoms with E-state index in [1.54, 1.807) is 11.9 Å². The SMILES string of the molecule is COCCN(C)c1cnn(C(CN)C(F)(F)F)c(=O)c1. The Labute approximate surface area is 113 Å². The Balaban J connectivity index is 3.01. The lowest BCUT2D eigenvalue weighted by Gasteiger charge is -2.22. The molecule has 0 aliphatic rings. The summed E-state index contributed by atoms with van der Waals surface area (Å²) >= 11 is 0. The second-order valence-corrected chi connectivity index (χ2v) is 4.20. The summed E-state index contributed by atoms with van der Waals surface area (Å²) in [5.74, 6) is 0. The van der Waals surface area contributed by atoms with Crippen molar-refractivity contribution in [1.29, 1.82) is 0 Å². The summed E-state index contributed by atoms with van der Waals surface area (Å²) in [7, 11) is 3.21. The molecule has 0 fully saturated rings. The van der Waals surface area contributed by atoms with E-state index in [4.69, 9.17) is 10.5 Å². The highest BCUT2D eigenvalue weighted by Gasteiger charge is 2.41. The number of aromatic nitrogens is 2. The molecule has 0 aromatic carbocycles. The Hall–Kier alpha value is -1.61. The fourth-order valence-electron chi connectivity index (χ4n) is 1.58. The number of likely N-dealkylation sites (N-methyl/N-ethyl adjacent to an activating group) is 1. The first-order valence-electron chi connectivity index (χ1n) is 5.87. The van der Waals surface area contributed by atoms with Crippen molar-refractivity contribution in [1.82, 2.24) is 9.78 Å². The van der Waals surface area contributed by atoms with Gasteiger partial charge in [0.15, 0.2) is 6.04 Å². The number of nitrogens with two attached hydrogens (primary N) is 1. The zero-order valence-electron chi connectivity index (χ0n) is 11.2. The summed E-state index contributed by atoms with van der Waals surface area (Å²) in [6.07, 6.45) is -3.42. The third-order valence-corrected chi connectivity index (χ3v) is 2.78. The second kappa shape index (κ2) is 6.71. The lowest BCUT2D eigenvalue weighted by atomic mass is 10.3. The third-order valence-electron chi connectivity index (χ3n) is 2.78. The lowest BCUT2D eigenvalue weighted by molar-refractivity contribution is -0.168. The van der Waals surface area contributed by atoms with Crippen LogP contribution in [0, 0.1) is 0 Å². The minimum atomic E-state index is -4.62. The molecule has 0 saturated carbocycles. The van der Waals surface area contributed by atoms with Crippen LogP contribution < -0.4 is 16.2 Å². The van der Waals surface area contributed by atoms with Gasteiger partial charge in [-0.05, 0) is 0 Å². The van der Waals surface area contributed by atoms with Crippen LogP contribution in [0.2, 0.25) is 0 Å². The fraction of sp³-hybridized carbons (Fsp3) is 0.636. The van der Waals surface area contributed by atoms with Crippen LogP contribution >= 0.6 is 0 Å². The van der Waals surface area contributed by atoms with Crippen molar-refractivity contribution in [3.63, 3.8) is 0 Å². The number of ether oxygens (including phenoxy) is 1. The summed E-state index contributed by atoms with van der Waals surface area (Å²) in [6, 6.07) is -1.02. The van der Waals surface area contributed by atoms with Gasteiger partial charge in [-0.1, -0.05) is 0 Å². The molecule has 0 aliphatic carbocycles. The van der Waals surface area contributed by atoms with Crippen LogP contribution in [-0.4, -0.2) is 49.8 Å². The zero-order chi connectivity index (χ0) is 15.3. The van der Waals surface area contributed by atoms with Crippen molar-refractivity contribution in [2.75, 3.05) is 38.8 Å². The number of alkyl halides is 3. The maximum absolute atomic E-state index is 12.7. The molecule has 0 aliphatic heterocycles. The van der Waals surface area contributed by atoms with E-state index >= 15 is 0 Å². The summed E-state index contributed by atoms with van der Waals surface area (Å²) in [6.45, 7) is 0.171. The van der Waals surface area contributed by atoms with Gasteiger partial charge < -0.3 is 15.4 Å². The number of hydrogen-bond acceptors (Lipinski definition) is 5. The van der Waals surface area contributed by atoms with Gasteiger partial charge in [0.05, 0.1) is 18.5 Å². The van der Waals surface area contributed by atoms with Crippen molar-refractivity contribution in [2.45, 2.75) is 12.2 Å². The van der Waals surface area contributed by atoms with Crippen LogP contribution in [0.3, 0.4) is 0 Å². The smallest absolute Gasteiger partial charge is 0.383 e. The molecule has 1 aromatic heterocycles. The van der Waals surface area contributed by atoms with E-state index in [-0.39, 0.29) is 0 Å². The van der Waals surface area contributed by atoms with E-state index in [0.29, 0.717) is 23.5 Å². The van der Waals surface area contributed by atoms with Gasteiger partial charge in [-0.25, -0.2) is 4.68 Å². The Morgan fingerprint density at radius 3 is 2.65 bits per heavy atom. The van der Waals surface area contributed by atoms with Crippen molar-refractivity contribution < 1.29 is 17.9 Å². The normalized spacial score (nSPS) is 13.3. The molecule has 2 N–H and O–H groups in total. The molecule has 1 unspecified atom stereocenters. The van der Waals surface area contributed by atoms with E-state index in [1.807, 2.05) is 0 Å². The second-order valence-electron chi connectivity index (χ2n) is 4.20. The average Bonchev–Trinajstić information content (AvgIpc) is 2.37. The van der Waals surface area contributed by atoms with Crippen molar-refractivity contribution >= 4 is 5.69 Å². The first-order chi connectivity index (χ1) is 9.31. The van der Waals surface area contributed by atoms with Crippen LogP contribution in [0.5, 0.6) is 0 Å². The highest BCUT2D eigenvalue weighted by atomic mass is 19.4. The maximum atomic E-state index is 12.7. The molecule has 6 nitrogen and oxygen atoms in total. The van der Waals surface area contributed by atoms with Crippen LogP contribution in [0.25, 0.3) is 0 Å². The van der Waals surface area contributed by atoms with Crippen molar-refractivity contribution in [3.05, 3.63) is 22.6 Å². The van der Waals surface area contributed by atoms with Gasteiger partial charge in [0, 0.05) is 33.3 Å². The fourth-order valence-corrected chi connectivity index (χ4v) is 1.58. The largest absolute Gasteiger partial charge is 0.412 e. The van der Waals surface area contributed by atoms with Gasteiger partial charge in [0.2, 0.25) is 0 Å². The standard InChI is InChI=1S/C11H17F3N4O2/c1-17(3-4-20-2)8-5-10(19)18(16-7-8)9(6-15)11(12,13)14/h5,7,9H,3-4,6,15H2,1-2H3. The molecule has 0 amide bonds. The molecule has 9 heteroatoms. The number of rotatable bonds is 6. The number of nitrogens with zero attached hydrogens (tertiary/aromatic N) is 3. The summed E-state index contributed by atoms with van der Waals surface area (Å²) < 4.78 is 43.3. The molecule has 114 valence electrons. The quantitative estimate of drug-likeness (QED) is 0.821. The van der Waals surface area contributed by atoms with E-state index in [0.717, 1.165) is 6.07 Å². The predicted molar refractivity (Wildman–Crippen MR) is 67.8 cm³/mol. The third kappa shape index (κ3) is 3.94. The Bertz CT molecular complexity index is 489. The lowest BCUT2D eigenvalue weighted by Crippen LogP contribution is -2.40. The highest BCUT2D eigenvalue weighted by Crippen LogP contribution is 2.28. The van der Waals surface area contributed by atoms with Crippen LogP contribution in [0.1, 0.15) is 6.04 Å². The summed E-state index contributed by atoms with van der Waals surface area (Å²) in [5, 5.41) is 3.57. The summed E-state index contributed by atoms with van der Waals surface area (Å²) in [4.78, 5) is 13.4. The molecule has 1 aromatic rings. The van der Waals surface area contributed by atoms with Crippen molar-refractivity contribution in [2.24, 2.45) is 5.73 Å². The van der Waals surface area contributed by atoms with Gasteiger partial charge in [0.25, 0.3) is 5.56 Å². The van der Waals surface area contributed by atoms with Crippen molar-refractivity contribution in [3.8, 4) is 0 Å². The van der Waals surface area contributed by atoms with Crippen LogP contribution in [-0.2, 0) is 4.74 Å². The minimum absolute atomic E-state index is 0.355. The van der Waals surface area contributed by atoms with Gasteiger partial charge in [-0.3, -0.25) is 4.79 Å². The first kappa shape index (κ1) is 16.4. The first-order valence-corrected chi connectivity index (χ1v) is 5.87. The van der Waals surface area contributed by atoms with Crippen LogP contribution in [0.15, 0.2) is 17.1 Å². The van der Waals surface area contributed by atoms with Gasteiger partial charge in [-0.2, -0.15) is 18.3 Å². The Morgan fingerprint density at radius 1 is 1.55 bits per heavy atom. The average molecular weight is 294 g/mol. The molecule has 1 rings (SSSR count). The molecule has 1 heterocycles. The molecule has 0 saturated heterocycles. The maximum Gasteiger partial charge on any atom is 0.412 e. The Morgan fingerprint density at radius 2 is 2.20 bits per heavy atom. The number of halogens is 3. The predicted octanol–water partition coefficient (Wildman–Crippen LogP) is 0.388. The van der Waals surface area contributed by atoms with E-state index < -0.39 is 24.3 Å². The molecular weight excluding hydrogens is 277 g/mol. The topological polar surface area (TPSA) is 73.4 Å². The van der Waals surface area contributed by atoms with E-state index in [2.05, 4.69) is 5.10 Å². The molecule has 20 heavy (non-hydrogen) atoms. The molecule has 0 bridgehead atoms. The molecule has 0 radical (unpaired) electrons. The zero-order valence-corrected chi connectivity index (χ0v) is 11.2. The van der Waals surface area contributed by atoms with Gasteiger partial charge in [0.1, 0.15) is 0 Å². The Kier molecular flexibility index (Phi) is 5.52.